The minimum atomic E-state index is -1.00. The highest BCUT2D eigenvalue weighted by Gasteiger charge is 2.02. The minimum absolute atomic E-state index is 0.212. The van der Waals surface area contributed by atoms with E-state index in [4.69, 9.17) is 10.2 Å². The highest BCUT2D eigenvalue weighted by molar-refractivity contribution is 5.65. The molecule has 0 amide bonds. The van der Waals surface area contributed by atoms with Crippen molar-refractivity contribution in [1.29, 1.82) is 0 Å². The molecule has 10 heavy (non-hydrogen) atoms. The second-order valence-corrected chi connectivity index (χ2v) is 1.70. The summed E-state index contributed by atoms with van der Waals surface area (Å²) in [6.07, 6.45) is -1.00. The number of aliphatic hydroxyl groups is 2. The Balaban J connectivity index is 3.11. The Kier molecular flexibility index (Phi) is 4.82. The number of carbonyl (C=O) groups is 1. The van der Waals surface area contributed by atoms with E-state index >= 15 is 0 Å². The zero-order chi connectivity index (χ0) is 7.98. The molecule has 0 aliphatic rings. The zero-order valence-corrected chi connectivity index (χ0v) is 5.61. The van der Waals surface area contributed by atoms with Crippen molar-refractivity contribution in [3.8, 4) is 0 Å². The normalized spacial score (nSPS) is 12.7. The second-order valence-electron chi connectivity index (χ2n) is 1.70. The average molecular weight is 150 g/mol. The zero-order valence-electron chi connectivity index (χ0n) is 5.61. The van der Waals surface area contributed by atoms with Gasteiger partial charge in [-0.3, -0.25) is 4.89 Å². The first kappa shape index (κ1) is 9.35. The van der Waals surface area contributed by atoms with Crippen molar-refractivity contribution in [2.75, 3.05) is 13.2 Å². The van der Waals surface area contributed by atoms with Crippen LogP contribution in [0.3, 0.4) is 0 Å². The lowest BCUT2D eigenvalue weighted by Crippen LogP contribution is -2.20. The van der Waals surface area contributed by atoms with Crippen LogP contribution in [0.5, 0.6) is 0 Å². The molecule has 1 atom stereocenters. The molecule has 0 heterocycles. The third-order valence-electron chi connectivity index (χ3n) is 0.647. The topological polar surface area (TPSA) is 76.0 Å². The van der Waals surface area contributed by atoms with Gasteiger partial charge in [-0.05, 0) is 0 Å². The van der Waals surface area contributed by atoms with Gasteiger partial charge in [-0.2, -0.15) is 4.89 Å². The summed E-state index contributed by atoms with van der Waals surface area (Å²) in [6.45, 7) is 0.544. The quantitative estimate of drug-likeness (QED) is 0.390. The van der Waals surface area contributed by atoms with Gasteiger partial charge in [-0.25, -0.2) is 4.79 Å². The van der Waals surface area contributed by atoms with Gasteiger partial charge in [0.2, 0.25) is 0 Å². The Bertz CT molecular complexity index is 102. The van der Waals surface area contributed by atoms with Crippen LogP contribution in [0, 0.1) is 0 Å². The van der Waals surface area contributed by atoms with E-state index in [0.29, 0.717) is 0 Å². The van der Waals surface area contributed by atoms with E-state index in [2.05, 4.69) is 9.78 Å². The monoisotopic (exact) mass is 150 g/mol. The van der Waals surface area contributed by atoms with Gasteiger partial charge in [0, 0.05) is 6.92 Å². The van der Waals surface area contributed by atoms with Crippen LogP contribution < -0.4 is 0 Å². The van der Waals surface area contributed by atoms with E-state index < -0.39 is 18.7 Å². The van der Waals surface area contributed by atoms with E-state index in [1.807, 2.05) is 0 Å². The molecular formula is C5H10O5. The van der Waals surface area contributed by atoms with Crippen LogP contribution in [-0.4, -0.2) is 35.5 Å². The number of carbonyl (C=O) groups excluding carboxylic acids is 1. The predicted molar refractivity (Wildman–Crippen MR) is 30.8 cm³/mol. The molecule has 0 spiro atoms. The minimum Gasteiger partial charge on any atom is -0.394 e. The first-order valence-electron chi connectivity index (χ1n) is 2.75. The van der Waals surface area contributed by atoms with Gasteiger partial charge in [0.25, 0.3) is 0 Å². The van der Waals surface area contributed by atoms with Crippen molar-refractivity contribution in [3.05, 3.63) is 0 Å². The van der Waals surface area contributed by atoms with Crippen molar-refractivity contribution < 1.29 is 24.8 Å². The first-order valence-corrected chi connectivity index (χ1v) is 2.75. The summed E-state index contributed by atoms with van der Waals surface area (Å²) in [7, 11) is 0. The van der Waals surface area contributed by atoms with Crippen LogP contribution in [0.25, 0.3) is 0 Å². The summed E-state index contributed by atoms with van der Waals surface area (Å²) in [5.74, 6) is -0.592. The molecule has 0 aliphatic carbocycles. The standard InChI is InChI=1S/C5H10O5/c1-4(7)10-9-3-5(8)2-6/h5-6,8H,2-3H2,1H3. The van der Waals surface area contributed by atoms with Crippen molar-refractivity contribution in [2.24, 2.45) is 0 Å². The van der Waals surface area contributed by atoms with E-state index in [1.54, 1.807) is 0 Å². The Labute approximate surface area is 58.1 Å². The average Bonchev–Trinajstić information content (AvgIpc) is 1.87. The smallest absolute Gasteiger partial charge is 0.339 e. The van der Waals surface area contributed by atoms with Crippen molar-refractivity contribution in [1.82, 2.24) is 0 Å². The van der Waals surface area contributed by atoms with E-state index in [1.165, 1.54) is 6.92 Å². The Hall–Kier alpha value is -0.650. The van der Waals surface area contributed by atoms with Gasteiger partial charge in [0.15, 0.2) is 0 Å². The van der Waals surface area contributed by atoms with Gasteiger partial charge in [-0.15, -0.1) is 0 Å². The molecule has 0 aliphatic heterocycles. The van der Waals surface area contributed by atoms with Gasteiger partial charge in [-0.1, -0.05) is 0 Å². The van der Waals surface area contributed by atoms with Gasteiger partial charge in [0.1, 0.15) is 12.7 Å². The van der Waals surface area contributed by atoms with Crippen LogP contribution in [-0.2, 0) is 14.6 Å². The second kappa shape index (κ2) is 5.16. The summed E-state index contributed by atoms with van der Waals surface area (Å²) < 4.78 is 0. The van der Waals surface area contributed by atoms with Crippen LogP contribution in [0.1, 0.15) is 6.92 Å². The molecule has 0 aromatic rings. The molecule has 0 aromatic carbocycles. The molecule has 0 aromatic heterocycles. The summed E-state index contributed by atoms with van der Waals surface area (Å²) in [4.78, 5) is 18.2. The number of hydrogen-bond donors (Lipinski definition) is 2. The molecule has 0 radical (unpaired) electrons. The predicted octanol–water partition coefficient (Wildman–Crippen LogP) is -1.17. The third kappa shape index (κ3) is 5.49. The number of hydrogen-bond acceptors (Lipinski definition) is 5. The highest BCUT2D eigenvalue weighted by Crippen LogP contribution is 1.85. The maximum atomic E-state index is 10.0. The summed E-state index contributed by atoms with van der Waals surface area (Å²) >= 11 is 0. The molecule has 1 unspecified atom stereocenters. The SMILES string of the molecule is CC(=O)OOCC(O)CO. The lowest BCUT2D eigenvalue weighted by atomic mass is 10.4. The van der Waals surface area contributed by atoms with Crippen molar-refractivity contribution >= 4 is 5.97 Å². The van der Waals surface area contributed by atoms with Crippen molar-refractivity contribution in [3.63, 3.8) is 0 Å². The van der Waals surface area contributed by atoms with Gasteiger partial charge >= 0.3 is 5.97 Å². The lowest BCUT2D eigenvalue weighted by Gasteiger charge is -2.04. The Morgan fingerprint density at radius 1 is 1.70 bits per heavy atom. The fraction of sp³-hybridized carbons (Fsp3) is 0.800. The fourth-order valence-electron chi connectivity index (χ4n) is 0.248. The van der Waals surface area contributed by atoms with Gasteiger partial charge in [0.05, 0.1) is 6.61 Å². The van der Waals surface area contributed by atoms with Crippen LogP contribution in [0.4, 0.5) is 0 Å². The molecule has 0 saturated heterocycles. The van der Waals surface area contributed by atoms with Gasteiger partial charge < -0.3 is 10.2 Å². The summed E-state index contributed by atoms with van der Waals surface area (Å²) in [5, 5.41) is 16.8. The molecule has 2 N–H and O–H groups in total. The maximum Gasteiger partial charge on any atom is 0.339 e. The molecule has 0 rings (SSSR count). The Morgan fingerprint density at radius 2 is 2.30 bits per heavy atom. The molecule has 0 bridgehead atoms. The Morgan fingerprint density at radius 3 is 2.70 bits per heavy atom. The van der Waals surface area contributed by atoms with E-state index in [-0.39, 0.29) is 6.61 Å². The third-order valence-corrected chi connectivity index (χ3v) is 0.647. The van der Waals surface area contributed by atoms with Crippen LogP contribution in [0.2, 0.25) is 0 Å². The van der Waals surface area contributed by atoms with E-state index in [9.17, 15) is 4.79 Å². The fourth-order valence-corrected chi connectivity index (χ4v) is 0.248. The number of aliphatic hydroxyl groups excluding tert-OH is 2. The van der Waals surface area contributed by atoms with Crippen molar-refractivity contribution in [2.45, 2.75) is 13.0 Å². The molecule has 5 nitrogen and oxygen atoms in total. The lowest BCUT2D eigenvalue weighted by molar-refractivity contribution is -0.280. The highest BCUT2D eigenvalue weighted by atomic mass is 17.2. The number of rotatable bonds is 4. The first-order chi connectivity index (χ1) is 4.66. The maximum absolute atomic E-state index is 10.0. The molecular weight excluding hydrogens is 140 g/mol. The molecule has 0 saturated carbocycles. The molecule has 5 heteroatoms. The molecule has 0 fully saturated rings. The van der Waals surface area contributed by atoms with Crippen LogP contribution in [0.15, 0.2) is 0 Å². The van der Waals surface area contributed by atoms with Crippen LogP contribution >= 0.6 is 0 Å². The molecule has 60 valence electrons. The van der Waals surface area contributed by atoms with E-state index in [0.717, 1.165) is 0 Å². The summed E-state index contributed by atoms with van der Waals surface area (Å²) in [5.41, 5.74) is 0. The largest absolute Gasteiger partial charge is 0.394 e. The summed E-state index contributed by atoms with van der Waals surface area (Å²) in [6, 6.07) is 0.